The molecule has 0 bridgehead atoms. The number of anilines is 1. The largest absolute Gasteiger partial charge is 0.507 e. The van der Waals surface area contributed by atoms with Gasteiger partial charge in [-0.1, -0.05) is 6.07 Å². The Balaban J connectivity index is 1.57. The van der Waals surface area contributed by atoms with Crippen molar-refractivity contribution < 1.29 is 9.50 Å². The fourth-order valence-corrected chi connectivity index (χ4v) is 4.47. The summed E-state index contributed by atoms with van der Waals surface area (Å²) in [4.78, 5) is 6.17. The first-order chi connectivity index (χ1) is 14.6. The molecule has 31 heavy (non-hydrogen) atoms. The van der Waals surface area contributed by atoms with Crippen molar-refractivity contribution in [3.05, 3.63) is 36.8 Å². The van der Waals surface area contributed by atoms with Crippen molar-refractivity contribution in [2.75, 3.05) is 11.9 Å². The Bertz CT molecular complexity index is 1050. The number of H-pyrrole nitrogens is 1. The zero-order valence-electron chi connectivity index (χ0n) is 18.4. The first kappa shape index (κ1) is 21.2. The number of halogens is 1. The summed E-state index contributed by atoms with van der Waals surface area (Å²) in [6.07, 6.45) is 4.49. The molecule has 1 aliphatic heterocycles. The van der Waals surface area contributed by atoms with Gasteiger partial charge in [0.2, 0.25) is 5.95 Å². The van der Waals surface area contributed by atoms with E-state index < -0.39 is 11.7 Å². The molecule has 0 saturated carbocycles. The summed E-state index contributed by atoms with van der Waals surface area (Å²) in [5, 5.41) is 29.0. The second kappa shape index (κ2) is 7.56. The molecule has 2 atom stereocenters. The van der Waals surface area contributed by atoms with Gasteiger partial charge >= 0.3 is 0 Å². The Morgan fingerprint density at radius 2 is 1.90 bits per heavy atom. The van der Waals surface area contributed by atoms with Gasteiger partial charge in [0.1, 0.15) is 17.6 Å². The first-order valence-corrected chi connectivity index (χ1v) is 10.3. The summed E-state index contributed by atoms with van der Waals surface area (Å²) in [7, 11) is 1.79. The highest BCUT2D eigenvalue weighted by Gasteiger charge is 2.48. The fraction of sp³-hybridized carbons (Fsp3) is 0.455. The minimum atomic E-state index is -1.10. The number of phenolic OH excluding ortho intramolecular Hbond substituents is 1. The zero-order valence-corrected chi connectivity index (χ0v) is 18.4. The standard InChI is InChI=1S/C22H28FN7O/c1-21(2)9-17(19(23)22(3,4)29-21)30(5)20-24-12-16(27-28-20)15-7-6-13(8-18(15)31)14-10-25-26-11-14/h6-8,10-12,17,19,29,31H,9H2,1-5H3,(H,25,26). The maximum absolute atomic E-state index is 15.2. The van der Waals surface area contributed by atoms with Crippen molar-refractivity contribution in [1.82, 2.24) is 30.7 Å². The van der Waals surface area contributed by atoms with E-state index in [4.69, 9.17) is 0 Å². The van der Waals surface area contributed by atoms with Gasteiger partial charge in [-0.2, -0.15) is 5.10 Å². The van der Waals surface area contributed by atoms with Gasteiger partial charge in [0.05, 0.1) is 18.4 Å². The van der Waals surface area contributed by atoms with Crippen LogP contribution in [0.3, 0.4) is 0 Å². The van der Waals surface area contributed by atoms with Crippen molar-refractivity contribution in [2.24, 2.45) is 0 Å². The molecular weight excluding hydrogens is 397 g/mol. The van der Waals surface area contributed by atoms with Crippen LogP contribution in [0.15, 0.2) is 36.8 Å². The molecule has 1 fully saturated rings. The van der Waals surface area contributed by atoms with Gasteiger partial charge in [-0.3, -0.25) is 5.10 Å². The number of aromatic hydroxyl groups is 1. The van der Waals surface area contributed by atoms with Crippen molar-refractivity contribution in [3.8, 4) is 28.1 Å². The van der Waals surface area contributed by atoms with Crippen LogP contribution in [0.2, 0.25) is 0 Å². The van der Waals surface area contributed by atoms with E-state index in [-0.39, 0.29) is 17.3 Å². The number of aromatic amines is 1. The normalized spacial score (nSPS) is 22.3. The molecule has 1 aliphatic rings. The molecule has 1 saturated heterocycles. The van der Waals surface area contributed by atoms with Gasteiger partial charge in [-0.05, 0) is 51.8 Å². The number of piperidine rings is 1. The number of hydrogen-bond donors (Lipinski definition) is 3. The number of nitrogens with zero attached hydrogens (tertiary/aromatic N) is 5. The second-order valence-electron chi connectivity index (χ2n) is 9.38. The Labute approximate surface area is 180 Å². The molecule has 4 rings (SSSR count). The summed E-state index contributed by atoms with van der Waals surface area (Å²) >= 11 is 0. The average molecular weight is 426 g/mol. The molecule has 0 spiro atoms. The van der Waals surface area contributed by atoms with Crippen LogP contribution in [0.1, 0.15) is 34.1 Å². The lowest BCUT2D eigenvalue weighted by atomic mass is 9.77. The average Bonchev–Trinajstić information content (AvgIpc) is 3.24. The highest BCUT2D eigenvalue weighted by molar-refractivity contribution is 5.73. The quantitative estimate of drug-likeness (QED) is 0.589. The summed E-state index contributed by atoms with van der Waals surface area (Å²) in [5.41, 5.74) is 1.77. The monoisotopic (exact) mass is 425 g/mol. The highest BCUT2D eigenvalue weighted by atomic mass is 19.1. The molecular formula is C22H28FN7O. The third-order valence-corrected chi connectivity index (χ3v) is 5.87. The molecule has 3 N–H and O–H groups in total. The van der Waals surface area contributed by atoms with Gasteiger partial charge < -0.3 is 15.3 Å². The molecule has 2 unspecified atom stereocenters. The van der Waals surface area contributed by atoms with Crippen molar-refractivity contribution in [3.63, 3.8) is 0 Å². The maximum Gasteiger partial charge on any atom is 0.245 e. The molecule has 1 aromatic carbocycles. The third-order valence-electron chi connectivity index (χ3n) is 5.87. The van der Waals surface area contributed by atoms with Gasteiger partial charge in [-0.15, -0.1) is 10.2 Å². The number of phenols is 1. The van der Waals surface area contributed by atoms with Gasteiger partial charge in [-0.25, -0.2) is 9.37 Å². The van der Waals surface area contributed by atoms with Crippen LogP contribution in [0, 0.1) is 0 Å². The van der Waals surface area contributed by atoms with Crippen molar-refractivity contribution >= 4 is 5.95 Å². The zero-order chi connectivity index (χ0) is 22.4. The summed E-state index contributed by atoms with van der Waals surface area (Å²) < 4.78 is 15.2. The topological polar surface area (TPSA) is 103 Å². The second-order valence-corrected chi connectivity index (χ2v) is 9.38. The first-order valence-electron chi connectivity index (χ1n) is 10.3. The number of aromatic nitrogens is 5. The van der Waals surface area contributed by atoms with Crippen molar-refractivity contribution in [1.29, 1.82) is 0 Å². The van der Waals surface area contributed by atoms with Crippen LogP contribution in [-0.2, 0) is 0 Å². The molecule has 0 radical (unpaired) electrons. The van der Waals surface area contributed by atoms with Crippen LogP contribution in [0.4, 0.5) is 10.3 Å². The molecule has 0 amide bonds. The Kier molecular flexibility index (Phi) is 5.17. The summed E-state index contributed by atoms with van der Waals surface area (Å²) in [6, 6.07) is 4.90. The van der Waals surface area contributed by atoms with Crippen molar-refractivity contribution in [2.45, 2.75) is 57.4 Å². The number of hydrogen-bond acceptors (Lipinski definition) is 7. The molecule has 0 aliphatic carbocycles. The number of alkyl halides is 1. The smallest absolute Gasteiger partial charge is 0.245 e. The lowest BCUT2D eigenvalue weighted by Gasteiger charge is -2.50. The minimum absolute atomic E-state index is 0.0709. The van der Waals surface area contributed by atoms with E-state index in [0.717, 1.165) is 11.1 Å². The van der Waals surface area contributed by atoms with Crippen LogP contribution in [-0.4, -0.2) is 60.8 Å². The fourth-order valence-electron chi connectivity index (χ4n) is 4.47. The van der Waals surface area contributed by atoms with Crippen LogP contribution >= 0.6 is 0 Å². The Morgan fingerprint density at radius 3 is 2.52 bits per heavy atom. The Hall–Kier alpha value is -3.07. The third kappa shape index (κ3) is 4.10. The van der Waals surface area contributed by atoms with E-state index >= 15 is 4.39 Å². The molecule has 2 aromatic heterocycles. The van der Waals surface area contributed by atoms with E-state index in [1.807, 2.05) is 19.9 Å². The summed E-state index contributed by atoms with van der Waals surface area (Å²) in [6.45, 7) is 7.88. The Morgan fingerprint density at radius 1 is 1.13 bits per heavy atom. The molecule has 164 valence electrons. The maximum atomic E-state index is 15.2. The van der Waals surface area contributed by atoms with E-state index in [9.17, 15) is 5.11 Å². The van der Waals surface area contributed by atoms with Crippen LogP contribution in [0.25, 0.3) is 22.4 Å². The van der Waals surface area contributed by atoms with Gasteiger partial charge in [0.15, 0.2) is 0 Å². The van der Waals surface area contributed by atoms with E-state index in [0.29, 0.717) is 23.6 Å². The lowest BCUT2D eigenvalue weighted by molar-refractivity contribution is 0.0563. The number of benzene rings is 1. The van der Waals surface area contributed by atoms with E-state index in [2.05, 4.69) is 44.5 Å². The number of nitrogens with one attached hydrogen (secondary N) is 2. The predicted octanol–water partition coefficient (Wildman–Crippen LogP) is 3.33. The molecule has 3 heterocycles. The van der Waals surface area contributed by atoms with Gasteiger partial charge in [0.25, 0.3) is 0 Å². The molecule has 3 aromatic rings. The summed E-state index contributed by atoms with van der Waals surface area (Å²) in [5.74, 6) is 0.418. The predicted molar refractivity (Wildman–Crippen MR) is 118 cm³/mol. The molecule has 9 heteroatoms. The SMILES string of the molecule is CN(c1ncc(-c2ccc(-c3cn[nH]c3)cc2O)nn1)C1CC(C)(C)NC(C)(C)C1F. The molecule has 8 nitrogen and oxygen atoms in total. The lowest BCUT2D eigenvalue weighted by Crippen LogP contribution is -2.68. The van der Waals surface area contributed by atoms with Gasteiger partial charge in [0, 0.05) is 35.4 Å². The highest BCUT2D eigenvalue weighted by Crippen LogP contribution is 2.35. The van der Waals surface area contributed by atoms with E-state index in [1.54, 1.807) is 42.7 Å². The van der Waals surface area contributed by atoms with Crippen LogP contribution < -0.4 is 10.2 Å². The van der Waals surface area contributed by atoms with Crippen LogP contribution in [0.5, 0.6) is 5.75 Å². The number of rotatable bonds is 4. The van der Waals surface area contributed by atoms with E-state index in [1.165, 1.54) is 0 Å². The minimum Gasteiger partial charge on any atom is -0.507 e.